The lowest BCUT2D eigenvalue weighted by Crippen LogP contribution is -2.58. The summed E-state index contributed by atoms with van der Waals surface area (Å²) < 4.78 is 0. The van der Waals surface area contributed by atoms with Gasteiger partial charge in [-0.3, -0.25) is 14.4 Å². The normalized spacial score (nSPS) is 25.9. The summed E-state index contributed by atoms with van der Waals surface area (Å²) in [5.41, 5.74) is 2.51. The summed E-state index contributed by atoms with van der Waals surface area (Å²) in [4.78, 5) is 42.1. The highest BCUT2D eigenvalue weighted by Crippen LogP contribution is 2.40. The number of benzene rings is 1. The number of carbonyl (C=O) groups excluding carboxylic acids is 3. The van der Waals surface area contributed by atoms with E-state index < -0.39 is 12.1 Å². The van der Waals surface area contributed by atoms with Gasteiger partial charge in [0.2, 0.25) is 17.7 Å². The van der Waals surface area contributed by atoms with Gasteiger partial charge in [-0.05, 0) is 75.0 Å². The third kappa shape index (κ3) is 5.61. The maximum atomic E-state index is 13.9. The minimum atomic E-state index is -0.572. The lowest BCUT2D eigenvalue weighted by molar-refractivity contribution is -0.143. The molecular formula is C29H44N4O3. The summed E-state index contributed by atoms with van der Waals surface area (Å²) in [6.45, 7) is 6.79. The van der Waals surface area contributed by atoms with Gasteiger partial charge in [0.1, 0.15) is 12.1 Å². The highest BCUT2D eigenvalue weighted by Gasteiger charge is 2.43. The second-order valence-corrected chi connectivity index (χ2v) is 11.4. The van der Waals surface area contributed by atoms with E-state index in [1.807, 2.05) is 6.07 Å². The maximum absolute atomic E-state index is 13.9. The molecule has 1 aliphatic heterocycles. The topological polar surface area (TPSA) is 90.5 Å². The number of likely N-dealkylation sites (N-methyl/N-ethyl adjacent to an activating group) is 1. The molecule has 3 amide bonds. The highest BCUT2D eigenvalue weighted by molar-refractivity contribution is 5.93. The van der Waals surface area contributed by atoms with E-state index in [9.17, 15) is 14.4 Å². The number of hydrogen-bond acceptors (Lipinski definition) is 4. The van der Waals surface area contributed by atoms with Crippen LogP contribution in [0.3, 0.4) is 0 Å². The van der Waals surface area contributed by atoms with Gasteiger partial charge in [0.25, 0.3) is 0 Å². The van der Waals surface area contributed by atoms with E-state index in [-0.39, 0.29) is 35.7 Å². The first kappa shape index (κ1) is 26.6. The molecule has 1 aromatic carbocycles. The Morgan fingerprint density at radius 3 is 2.39 bits per heavy atom. The monoisotopic (exact) mass is 496 g/mol. The molecular weight excluding hydrogens is 452 g/mol. The third-order valence-electron chi connectivity index (χ3n) is 8.78. The van der Waals surface area contributed by atoms with Crippen LogP contribution in [0, 0.1) is 17.8 Å². The number of hydrogen-bond donors (Lipinski definition) is 3. The summed E-state index contributed by atoms with van der Waals surface area (Å²) in [7, 11) is 1.74. The van der Waals surface area contributed by atoms with E-state index in [0.717, 1.165) is 38.5 Å². The zero-order valence-corrected chi connectivity index (χ0v) is 22.4. The summed E-state index contributed by atoms with van der Waals surface area (Å²) in [6.07, 6.45) is 7.63. The Morgan fingerprint density at radius 2 is 1.69 bits per heavy atom. The van der Waals surface area contributed by atoms with Crippen LogP contribution in [-0.2, 0) is 20.8 Å². The Morgan fingerprint density at radius 1 is 0.972 bits per heavy atom. The fourth-order valence-electron chi connectivity index (χ4n) is 6.42. The smallest absolute Gasteiger partial charge is 0.246 e. The van der Waals surface area contributed by atoms with Gasteiger partial charge in [-0.25, -0.2) is 0 Å². The zero-order chi connectivity index (χ0) is 25.8. The molecule has 4 rings (SSSR count). The van der Waals surface area contributed by atoms with Crippen molar-refractivity contribution in [2.24, 2.45) is 17.8 Å². The van der Waals surface area contributed by atoms with Crippen molar-refractivity contribution in [2.75, 3.05) is 13.6 Å². The molecule has 36 heavy (non-hydrogen) atoms. The van der Waals surface area contributed by atoms with Crippen LogP contribution in [0.4, 0.5) is 0 Å². The molecule has 2 fully saturated rings. The number of fused-ring (bicyclic) bond motifs is 1. The molecule has 1 saturated heterocycles. The van der Waals surface area contributed by atoms with Gasteiger partial charge < -0.3 is 20.9 Å². The molecule has 0 spiro atoms. The Balaban J connectivity index is 1.51. The molecule has 198 valence electrons. The minimum Gasteiger partial charge on any atom is -0.347 e. The van der Waals surface area contributed by atoms with Gasteiger partial charge in [-0.15, -0.1) is 0 Å². The van der Waals surface area contributed by atoms with Crippen LogP contribution >= 0.6 is 0 Å². The Bertz CT molecular complexity index is 942. The first-order valence-corrected chi connectivity index (χ1v) is 14.0. The molecule has 7 nitrogen and oxygen atoms in total. The molecule has 7 heteroatoms. The standard InChI is InChI=1S/C29H44N4O3/c1-18(2)23-17-21-13-8-9-14-22(21)26(23)32-28(35)24-15-10-16-33(24)29(36)25(20-11-6-5-7-12-20)31-27(34)19(3)30-4/h8-9,13-14,18-20,23-26,30H,5-7,10-12,15-17H2,1-4H3,(H,31,34)(H,32,35)/t19-,23-,24?,25-,26-/m0/s1. The van der Waals surface area contributed by atoms with Crippen molar-refractivity contribution in [3.05, 3.63) is 35.4 Å². The van der Waals surface area contributed by atoms with Gasteiger partial charge in [-0.1, -0.05) is 57.4 Å². The fraction of sp³-hybridized carbons (Fsp3) is 0.690. The fourth-order valence-corrected chi connectivity index (χ4v) is 6.42. The van der Waals surface area contributed by atoms with E-state index in [4.69, 9.17) is 0 Å². The second kappa shape index (κ2) is 11.8. The highest BCUT2D eigenvalue weighted by atomic mass is 16.2. The minimum absolute atomic E-state index is 0.0309. The predicted octanol–water partition coefficient (Wildman–Crippen LogP) is 3.34. The van der Waals surface area contributed by atoms with Gasteiger partial charge >= 0.3 is 0 Å². The van der Waals surface area contributed by atoms with E-state index >= 15 is 0 Å². The molecule has 3 N–H and O–H groups in total. The van der Waals surface area contributed by atoms with Crippen LogP contribution in [0.5, 0.6) is 0 Å². The van der Waals surface area contributed by atoms with E-state index in [0.29, 0.717) is 24.8 Å². The van der Waals surface area contributed by atoms with Crippen LogP contribution < -0.4 is 16.0 Å². The molecule has 3 aliphatic rings. The number of amides is 3. The average Bonchev–Trinajstić information content (AvgIpc) is 3.52. The van der Waals surface area contributed by atoms with Crippen molar-refractivity contribution in [1.29, 1.82) is 0 Å². The number of likely N-dealkylation sites (tertiary alicyclic amines) is 1. The Hall–Kier alpha value is -2.41. The molecule has 5 atom stereocenters. The third-order valence-corrected chi connectivity index (χ3v) is 8.78. The number of nitrogens with one attached hydrogen (secondary N) is 3. The van der Waals surface area contributed by atoms with Crippen molar-refractivity contribution in [3.63, 3.8) is 0 Å². The largest absolute Gasteiger partial charge is 0.347 e. The number of nitrogens with zero attached hydrogens (tertiary/aromatic N) is 1. The zero-order valence-electron chi connectivity index (χ0n) is 22.4. The molecule has 1 aromatic rings. The summed E-state index contributed by atoms with van der Waals surface area (Å²) in [6, 6.07) is 6.92. The molecule has 0 aromatic heterocycles. The molecule has 0 radical (unpaired) electrons. The van der Waals surface area contributed by atoms with Crippen molar-refractivity contribution < 1.29 is 14.4 Å². The predicted molar refractivity (Wildman–Crippen MR) is 141 cm³/mol. The van der Waals surface area contributed by atoms with Crippen molar-refractivity contribution in [1.82, 2.24) is 20.9 Å². The van der Waals surface area contributed by atoms with Crippen LogP contribution in [0.25, 0.3) is 0 Å². The lowest BCUT2D eigenvalue weighted by atomic mass is 9.83. The summed E-state index contributed by atoms with van der Waals surface area (Å²) >= 11 is 0. The van der Waals surface area contributed by atoms with E-state index in [1.165, 1.54) is 17.5 Å². The van der Waals surface area contributed by atoms with Gasteiger partial charge in [0.05, 0.1) is 12.1 Å². The van der Waals surface area contributed by atoms with Gasteiger partial charge in [0, 0.05) is 6.54 Å². The summed E-state index contributed by atoms with van der Waals surface area (Å²) in [5.74, 6) is 0.576. The Kier molecular flexibility index (Phi) is 8.70. The van der Waals surface area contributed by atoms with Crippen LogP contribution in [0.15, 0.2) is 24.3 Å². The average molecular weight is 497 g/mol. The molecule has 1 saturated carbocycles. The number of rotatable bonds is 8. The van der Waals surface area contributed by atoms with Crippen LogP contribution in [0.2, 0.25) is 0 Å². The van der Waals surface area contributed by atoms with Crippen LogP contribution in [0.1, 0.15) is 82.9 Å². The maximum Gasteiger partial charge on any atom is 0.246 e. The van der Waals surface area contributed by atoms with Crippen molar-refractivity contribution in [2.45, 2.75) is 96.3 Å². The SMILES string of the molecule is CN[C@@H](C)C(=O)N[C@H](C(=O)N1CCCC1C(=O)N[C@H]1c2ccccc2C[C@H]1C(C)C)C1CCCCC1. The van der Waals surface area contributed by atoms with E-state index in [1.54, 1.807) is 18.9 Å². The van der Waals surface area contributed by atoms with Crippen molar-refractivity contribution in [3.8, 4) is 0 Å². The first-order chi connectivity index (χ1) is 17.3. The summed E-state index contributed by atoms with van der Waals surface area (Å²) in [5, 5.41) is 9.38. The van der Waals surface area contributed by atoms with Crippen molar-refractivity contribution >= 4 is 17.7 Å². The molecule has 2 aliphatic carbocycles. The van der Waals surface area contributed by atoms with Gasteiger partial charge in [-0.2, -0.15) is 0 Å². The van der Waals surface area contributed by atoms with E-state index in [2.05, 4.69) is 48.0 Å². The molecule has 0 bridgehead atoms. The molecule has 1 unspecified atom stereocenters. The van der Waals surface area contributed by atoms with Gasteiger partial charge in [0.15, 0.2) is 0 Å². The quantitative estimate of drug-likeness (QED) is 0.515. The first-order valence-electron chi connectivity index (χ1n) is 14.0. The Labute approximate surface area is 216 Å². The molecule has 1 heterocycles. The van der Waals surface area contributed by atoms with Crippen LogP contribution in [-0.4, -0.2) is 54.3 Å². The number of carbonyl (C=O) groups is 3. The second-order valence-electron chi connectivity index (χ2n) is 11.4. The lowest BCUT2D eigenvalue weighted by Gasteiger charge is -2.35.